The normalized spacial score (nSPS) is 20.4. The van der Waals surface area contributed by atoms with Gasteiger partial charge in [-0.15, -0.1) is 0 Å². The maximum absolute atomic E-state index is 12.3. The largest absolute Gasteiger partial charge is 0.402 e. The highest BCUT2D eigenvalue weighted by Crippen LogP contribution is 2.31. The summed E-state index contributed by atoms with van der Waals surface area (Å²) < 4.78 is 5.31. The number of cyclic esters (lactones) is 1. The maximum Gasteiger partial charge on any atom is 0.364 e. The van der Waals surface area contributed by atoms with Gasteiger partial charge in [-0.2, -0.15) is 0 Å². The van der Waals surface area contributed by atoms with Crippen molar-refractivity contribution in [3.63, 3.8) is 0 Å². The van der Waals surface area contributed by atoms with Crippen LogP contribution in [0.1, 0.15) is 28.0 Å². The van der Waals surface area contributed by atoms with Gasteiger partial charge in [0.25, 0.3) is 5.91 Å². The van der Waals surface area contributed by atoms with Gasteiger partial charge in [0, 0.05) is 23.9 Å². The van der Waals surface area contributed by atoms with E-state index in [0.29, 0.717) is 30.1 Å². The molecule has 114 valence electrons. The highest BCUT2D eigenvalue weighted by Gasteiger charge is 2.30. The first-order valence-corrected chi connectivity index (χ1v) is 7.29. The number of nitrogens with zero attached hydrogens (tertiary/aromatic N) is 1. The number of hydrogen-bond donors (Lipinski definition) is 2. The average Bonchev–Trinajstić information content (AvgIpc) is 3.16. The molecule has 1 amide bonds. The van der Waals surface area contributed by atoms with Crippen molar-refractivity contribution in [1.82, 2.24) is 10.3 Å². The summed E-state index contributed by atoms with van der Waals surface area (Å²) in [6, 6.07) is 11.0. The molecule has 1 aromatic heterocycles. The number of benzene rings is 1. The molecule has 0 bridgehead atoms. The van der Waals surface area contributed by atoms with Gasteiger partial charge in [0.2, 0.25) is 5.90 Å². The fourth-order valence-electron chi connectivity index (χ4n) is 2.78. The molecule has 0 aliphatic carbocycles. The van der Waals surface area contributed by atoms with Crippen molar-refractivity contribution in [3.05, 3.63) is 65.1 Å². The van der Waals surface area contributed by atoms with Gasteiger partial charge in [-0.05, 0) is 30.2 Å². The molecule has 0 fully saturated rings. The van der Waals surface area contributed by atoms with Gasteiger partial charge >= 0.3 is 5.97 Å². The van der Waals surface area contributed by atoms with Gasteiger partial charge in [0.05, 0.1) is 0 Å². The van der Waals surface area contributed by atoms with Crippen molar-refractivity contribution in [2.75, 3.05) is 6.54 Å². The number of ether oxygens (including phenoxy) is 1. The Bertz CT molecular complexity index is 862. The van der Waals surface area contributed by atoms with Crippen molar-refractivity contribution in [2.24, 2.45) is 4.99 Å². The second-order valence-electron chi connectivity index (χ2n) is 5.27. The molecular weight excluding hydrogens is 294 g/mol. The molecule has 23 heavy (non-hydrogen) atoms. The third-order valence-corrected chi connectivity index (χ3v) is 3.86. The number of carbonyl (C=O) groups is 2. The second kappa shape index (κ2) is 5.24. The van der Waals surface area contributed by atoms with Crippen molar-refractivity contribution >= 4 is 23.3 Å². The predicted molar refractivity (Wildman–Crippen MR) is 83.7 cm³/mol. The van der Waals surface area contributed by atoms with Crippen LogP contribution >= 0.6 is 0 Å². The first-order valence-electron chi connectivity index (χ1n) is 7.29. The number of aromatic nitrogens is 1. The van der Waals surface area contributed by atoms with E-state index in [1.54, 1.807) is 12.3 Å². The van der Waals surface area contributed by atoms with Crippen LogP contribution in [0.15, 0.2) is 53.3 Å². The number of aliphatic imine (C=N–C) groups is 1. The minimum Gasteiger partial charge on any atom is -0.402 e. The van der Waals surface area contributed by atoms with Crippen LogP contribution in [-0.2, 0) is 9.53 Å². The topological polar surface area (TPSA) is 83.5 Å². The molecule has 0 unspecified atom stereocenters. The average molecular weight is 307 g/mol. The molecule has 6 nitrogen and oxygen atoms in total. The molecular formula is C17H13N3O3. The van der Waals surface area contributed by atoms with Crippen LogP contribution in [0.3, 0.4) is 0 Å². The summed E-state index contributed by atoms with van der Waals surface area (Å²) in [5.41, 5.74) is 2.87. The van der Waals surface area contributed by atoms with Crippen LogP contribution in [0.25, 0.3) is 5.57 Å². The molecule has 0 saturated carbocycles. The molecule has 0 atom stereocenters. The number of rotatable bonds is 1. The number of H-pyrrole nitrogens is 1. The van der Waals surface area contributed by atoms with Crippen molar-refractivity contribution in [2.45, 2.75) is 6.42 Å². The van der Waals surface area contributed by atoms with Gasteiger partial charge < -0.3 is 15.0 Å². The number of hydrogen-bond acceptors (Lipinski definition) is 4. The van der Waals surface area contributed by atoms with E-state index in [1.165, 1.54) is 0 Å². The van der Waals surface area contributed by atoms with Gasteiger partial charge in [0.1, 0.15) is 5.69 Å². The smallest absolute Gasteiger partial charge is 0.364 e. The monoisotopic (exact) mass is 307 g/mol. The number of fused-ring (bicyclic) bond motifs is 1. The van der Waals surface area contributed by atoms with E-state index < -0.39 is 5.97 Å². The van der Waals surface area contributed by atoms with E-state index in [0.717, 1.165) is 11.1 Å². The fourth-order valence-corrected chi connectivity index (χ4v) is 2.78. The molecule has 2 aliphatic rings. The first kappa shape index (κ1) is 13.5. The number of amides is 1. The second-order valence-corrected chi connectivity index (χ2v) is 5.27. The van der Waals surface area contributed by atoms with Crippen molar-refractivity contribution in [3.8, 4) is 0 Å². The van der Waals surface area contributed by atoms with Gasteiger partial charge in [-0.25, -0.2) is 9.79 Å². The standard InChI is InChI=1S/C17H13N3O3/c21-15-13-11(6-8-18-13)12(7-9-19-15)14-17(22)23-16(20-14)10-4-2-1-3-5-10/h1-6,8,18H,7,9H2,(H,19,21)/b14-12+. The van der Waals surface area contributed by atoms with Gasteiger partial charge in [-0.3, -0.25) is 4.79 Å². The highest BCUT2D eigenvalue weighted by molar-refractivity contribution is 6.15. The van der Waals surface area contributed by atoms with E-state index in [1.807, 2.05) is 30.3 Å². The Morgan fingerprint density at radius 1 is 1.09 bits per heavy atom. The molecule has 0 saturated heterocycles. The molecule has 2 aliphatic heterocycles. The van der Waals surface area contributed by atoms with Crippen LogP contribution in [0.4, 0.5) is 0 Å². The van der Waals surface area contributed by atoms with Gasteiger partial charge in [0.15, 0.2) is 5.70 Å². The zero-order valence-corrected chi connectivity index (χ0v) is 12.1. The number of carbonyl (C=O) groups excluding carboxylic acids is 2. The van der Waals surface area contributed by atoms with E-state index in [-0.39, 0.29) is 11.6 Å². The molecule has 2 aromatic rings. The zero-order chi connectivity index (χ0) is 15.8. The van der Waals surface area contributed by atoms with Crippen LogP contribution < -0.4 is 5.32 Å². The summed E-state index contributed by atoms with van der Waals surface area (Å²) >= 11 is 0. The van der Waals surface area contributed by atoms with Gasteiger partial charge in [-0.1, -0.05) is 18.2 Å². The number of aromatic amines is 1. The molecule has 0 spiro atoms. The lowest BCUT2D eigenvalue weighted by atomic mass is 10.0. The molecule has 2 N–H and O–H groups in total. The summed E-state index contributed by atoms with van der Waals surface area (Å²) in [7, 11) is 0. The Morgan fingerprint density at radius 3 is 2.74 bits per heavy atom. The summed E-state index contributed by atoms with van der Waals surface area (Å²) in [5.74, 6) is -0.377. The Hall–Kier alpha value is -3.15. The van der Waals surface area contributed by atoms with Crippen LogP contribution in [0, 0.1) is 0 Å². The Kier molecular flexibility index (Phi) is 3.08. The molecule has 6 heteroatoms. The quantitative estimate of drug-likeness (QED) is 0.623. The third kappa shape index (κ3) is 2.24. The molecule has 4 rings (SSSR count). The first-order chi connectivity index (χ1) is 11.2. The predicted octanol–water partition coefficient (Wildman–Crippen LogP) is 1.86. The van der Waals surface area contributed by atoms with E-state index >= 15 is 0 Å². The van der Waals surface area contributed by atoms with Crippen molar-refractivity contribution in [1.29, 1.82) is 0 Å². The Labute approximate surface area is 131 Å². The highest BCUT2D eigenvalue weighted by atomic mass is 16.6. The summed E-state index contributed by atoms with van der Waals surface area (Å²) in [4.78, 5) is 31.5. The number of esters is 1. The summed E-state index contributed by atoms with van der Waals surface area (Å²) in [5, 5.41) is 2.79. The zero-order valence-electron chi connectivity index (χ0n) is 12.1. The Morgan fingerprint density at radius 2 is 1.91 bits per heavy atom. The SMILES string of the molecule is O=C1OC(c2ccccc2)=N/C1=C1\CCNC(=O)c2[nH]ccc21. The van der Waals surface area contributed by atoms with E-state index in [2.05, 4.69) is 15.3 Å². The van der Waals surface area contributed by atoms with E-state index in [4.69, 9.17) is 4.74 Å². The summed E-state index contributed by atoms with van der Waals surface area (Å²) in [6.45, 7) is 0.448. The van der Waals surface area contributed by atoms with Crippen LogP contribution in [0.2, 0.25) is 0 Å². The maximum atomic E-state index is 12.3. The molecule has 0 radical (unpaired) electrons. The minimum absolute atomic E-state index is 0.181. The lowest BCUT2D eigenvalue weighted by molar-refractivity contribution is -0.129. The number of nitrogens with one attached hydrogen (secondary N) is 2. The molecule has 3 heterocycles. The minimum atomic E-state index is -0.486. The summed E-state index contributed by atoms with van der Waals surface area (Å²) in [6.07, 6.45) is 2.20. The van der Waals surface area contributed by atoms with Crippen molar-refractivity contribution < 1.29 is 14.3 Å². The third-order valence-electron chi connectivity index (χ3n) is 3.86. The fraction of sp³-hybridized carbons (Fsp3) is 0.118. The lowest BCUT2D eigenvalue weighted by Crippen LogP contribution is -2.22. The van der Waals surface area contributed by atoms with E-state index in [9.17, 15) is 9.59 Å². The molecule has 1 aromatic carbocycles. The Balaban J connectivity index is 1.84. The van der Waals surface area contributed by atoms with Crippen LogP contribution in [-0.4, -0.2) is 29.3 Å². The lowest BCUT2D eigenvalue weighted by Gasteiger charge is -2.03. The van der Waals surface area contributed by atoms with Crippen LogP contribution in [0.5, 0.6) is 0 Å².